The molecule has 0 aliphatic carbocycles. The average molecular weight is 390 g/mol. The molecule has 4 rings (SSSR count). The Bertz CT molecular complexity index is 1070. The van der Waals surface area contributed by atoms with Crippen molar-refractivity contribution < 1.29 is 14.7 Å². The minimum atomic E-state index is -1.02. The lowest BCUT2D eigenvalue weighted by Crippen LogP contribution is -2.38. The molecule has 0 bridgehead atoms. The van der Waals surface area contributed by atoms with Gasteiger partial charge in [0.25, 0.3) is 0 Å². The van der Waals surface area contributed by atoms with Gasteiger partial charge in [0.15, 0.2) is 0 Å². The van der Waals surface area contributed by atoms with Crippen molar-refractivity contribution in [3.63, 3.8) is 0 Å². The maximum atomic E-state index is 12.7. The van der Waals surface area contributed by atoms with Crippen LogP contribution in [0.25, 0.3) is 22.7 Å². The number of benzene rings is 1. The predicted octanol–water partition coefficient (Wildman–Crippen LogP) is 4.21. The van der Waals surface area contributed by atoms with Gasteiger partial charge in [-0.3, -0.25) is 0 Å². The highest BCUT2D eigenvalue weighted by atomic mass is 16.4. The summed E-state index contributed by atoms with van der Waals surface area (Å²) >= 11 is 0. The van der Waals surface area contributed by atoms with Gasteiger partial charge in [-0.15, -0.1) is 0 Å². The summed E-state index contributed by atoms with van der Waals surface area (Å²) in [5, 5.41) is 13.4. The van der Waals surface area contributed by atoms with Gasteiger partial charge in [-0.05, 0) is 37.0 Å². The second-order valence-corrected chi connectivity index (χ2v) is 7.03. The first kappa shape index (κ1) is 18.7. The number of amides is 2. The van der Waals surface area contributed by atoms with Crippen molar-refractivity contribution in [2.45, 2.75) is 19.3 Å². The lowest BCUT2D eigenvalue weighted by atomic mass is 10.0. The number of fused-ring (bicyclic) bond motifs is 1. The molecule has 0 unspecified atom stereocenters. The Balaban J connectivity index is 1.72. The zero-order valence-corrected chi connectivity index (χ0v) is 15.9. The van der Waals surface area contributed by atoms with Crippen molar-refractivity contribution in [1.29, 1.82) is 0 Å². The number of urea groups is 1. The van der Waals surface area contributed by atoms with E-state index in [1.807, 2.05) is 11.0 Å². The number of hydrogen-bond acceptors (Lipinski definition) is 3. The number of hydrogen-bond donors (Lipinski definition) is 3. The molecule has 7 heteroatoms. The van der Waals surface area contributed by atoms with E-state index in [1.54, 1.807) is 48.8 Å². The van der Waals surface area contributed by atoms with Crippen LogP contribution in [0.4, 0.5) is 10.5 Å². The van der Waals surface area contributed by atoms with Crippen molar-refractivity contribution in [3.05, 3.63) is 59.9 Å². The molecule has 1 aliphatic heterocycles. The maximum absolute atomic E-state index is 12.7. The number of nitrogens with one attached hydrogen (secondary N) is 2. The molecule has 1 fully saturated rings. The summed E-state index contributed by atoms with van der Waals surface area (Å²) in [4.78, 5) is 33.7. The van der Waals surface area contributed by atoms with E-state index in [9.17, 15) is 14.7 Å². The van der Waals surface area contributed by atoms with Crippen molar-refractivity contribution in [3.8, 4) is 0 Å². The number of rotatable bonds is 4. The first-order valence-electron chi connectivity index (χ1n) is 9.66. The number of piperidine rings is 1. The van der Waals surface area contributed by atoms with E-state index in [0.29, 0.717) is 27.8 Å². The molecule has 3 heterocycles. The summed E-state index contributed by atoms with van der Waals surface area (Å²) in [5.74, 6) is -1.02. The summed E-state index contributed by atoms with van der Waals surface area (Å²) < 4.78 is 0. The topological polar surface area (TPSA) is 98.3 Å². The van der Waals surface area contributed by atoms with Crippen LogP contribution in [0.3, 0.4) is 0 Å². The summed E-state index contributed by atoms with van der Waals surface area (Å²) in [6.07, 6.45) is 8.10. The molecule has 0 spiro atoms. The average Bonchev–Trinajstić information content (AvgIpc) is 3.17. The highest BCUT2D eigenvalue weighted by Gasteiger charge is 2.19. The number of H-pyrrole nitrogens is 1. The molecular weight excluding hydrogens is 368 g/mol. The molecule has 0 saturated carbocycles. The Morgan fingerprint density at radius 2 is 1.86 bits per heavy atom. The van der Waals surface area contributed by atoms with E-state index in [-0.39, 0.29) is 11.6 Å². The Kier molecular flexibility index (Phi) is 5.29. The normalized spacial score (nSPS) is 14.8. The maximum Gasteiger partial charge on any atom is 0.336 e. The van der Waals surface area contributed by atoms with Crippen LogP contribution in [0.5, 0.6) is 0 Å². The van der Waals surface area contributed by atoms with Gasteiger partial charge in [-0.2, -0.15) is 0 Å². The van der Waals surface area contributed by atoms with E-state index in [4.69, 9.17) is 0 Å². The van der Waals surface area contributed by atoms with E-state index < -0.39 is 5.97 Å². The van der Waals surface area contributed by atoms with Crippen LogP contribution in [0.2, 0.25) is 0 Å². The van der Waals surface area contributed by atoms with Gasteiger partial charge in [-0.25, -0.2) is 14.6 Å². The fourth-order valence-corrected chi connectivity index (χ4v) is 3.63. The zero-order valence-electron chi connectivity index (χ0n) is 15.9. The van der Waals surface area contributed by atoms with Crippen LogP contribution in [0.1, 0.15) is 30.4 Å². The number of aromatic amines is 1. The van der Waals surface area contributed by atoms with Crippen molar-refractivity contribution in [2.75, 3.05) is 18.4 Å². The first-order valence-corrected chi connectivity index (χ1v) is 9.66. The van der Waals surface area contributed by atoms with Crippen molar-refractivity contribution in [2.24, 2.45) is 0 Å². The molecule has 2 amide bonds. The summed E-state index contributed by atoms with van der Waals surface area (Å²) in [5.41, 5.74) is 2.63. The third-order valence-corrected chi connectivity index (χ3v) is 5.10. The SMILES string of the molecule is O=C(O)/C(=C\c1c[nH]c2nccc(NC(=O)N3CCCCC3)c12)c1ccccc1. The van der Waals surface area contributed by atoms with Crippen LogP contribution in [-0.4, -0.2) is 45.1 Å². The van der Waals surface area contributed by atoms with Crippen LogP contribution in [-0.2, 0) is 4.79 Å². The molecule has 0 radical (unpaired) electrons. The summed E-state index contributed by atoms with van der Waals surface area (Å²) in [6.45, 7) is 1.49. The molecule has 148 valence electrons. The minimum absolute atomic E-state index is 0.144. The molecule has 0 atom stereocenters. The largest absolute Gasteiger partial charge is 0.478 e. The molecule has 2 aromatic heterocycles. The fraction of sp³-hybridized carbons (Fsp3) is 0.227. The van der Waals surface area contributed by atoms with Gasteiger partial charge in [-0.1, -0.05) is 30.3 Å². The first-order chi connectivity index (χ1) is 14.1. The minimum Gasteiger partial charge on any atom is -0.478 e. The summed E-state index contributed by atoms with van der Waals surface area (Å²) in [6, 6.07) is 10.5. The number of aliphatic carboxylic acids is 1. The van der Waals surface area contributed by atoms with Gasteiger partial charge in [0, 0.05) is 36.4 Å². The van der Waals surface area contributed by atoms with Gasteiger partial charge in [0.1, 0.15) is 5.65 Å². The molecular formula is C22H22N4O3. The molecule has 3 aromatic rings. The summed E-state index contributed by atoms with van der Waals surface area (Å²) in [7, 11) is 0. The highest BCUT2D eigenvalue weighted by Crippen LogP contribution is 2.29. The lowest BCUT2D eigenvalue weighted by molar-refractivity contribution is -0.130. The van der Waals surface area contributed by atoms with E-state index >= 15 is 0 Å². The number of pyridine rings is 1. The standard InChI is InChI=1S/C22H22N4O3/c27-21(28)17(15-7-3-1-4-8-15)13-16-14-24-20-19(16)18(9-10-23-20)25-22(29)26-11-5-2-6-12-26/h1,3-4,7-10,13-14H,2,5-6,11-12H2,(H,27,28)(H2,23,24,25,29)/b17-13-. The van der Waals surface area contributed by atoms with Crippen LogP contribution in [0.15, 0.2) is 48.8 Å². The van der Waals surface area contributed by atoms with Crippen LogP contribution >= 0.6 is 0 Å². The number of nitrogens with zero attached hydrogens (tertiary/aromatic N) is 2. The van der Waals surface area contributed by atoms with Gasteiger partial charge < -0.3 is 20.3 Å². The third-order valence-electron chi connectivity index (χ3n) is 5.10. The molecule has 1 aromatic carbocycles. The van der Waals surface area contributed by atoms with Gasteiger partial charge in [0.05, 0.1) is 11.3 Å². The Hall–Kier alpha value is -3.61. The van der Waals surface area contributed by atoms with Gasteiger partial charge in [0.2, 0.25) is 0 Å². The molecule has 7 nitrogen and oxygen atoms in total. The Morgan fingerprint density at radius 3 is 2.59 bits per heavy atom. The zero-order chi connectivity index (χ0) is 20.2. The number of aromatic nitrogens is 2. The van der Waals surface area contributed by atoms with Crippen molar-refractivity contribution in [1.82, 2.24) is 14.9 Å². The Labute approximate surface area is 168 Å². The number of carbonyl (C=O) groups is 2. The number of anilines is 1. The number of carboxylic acids is 1. The molecule has 1 aliphatic rings. The fourth-order valence-electron chi connectivity index (χ4n) is 3.63. The van der Waals surface area contributed by atoms with E-state index in [2.05, 4.69) is 15.3 Å². The number of likely N-dealkylation sites (tertiary alicyclic amines) is 1. The lowest BCUT2D eigenvalue weighted by Gasteiger charge is -2.26. The second-order valence-electron chi connectivity index (χ2n) is 7.03. The monoisotopic (exact) mass is 390 g/mol. The van der Waals surface area contributed by atoms with Crippen molar-refractivity contribution >= 4 is 40.4 Å². The van der Waals surface area contributed by atoms with E-state index in [0.717, 1.165) is 32.4 Å². The Morgan fingerprint density at radius 1 is 1.10 bits per heavy atom. The van der Waals surface area contributed by atoms with E-state index in [1.165, 1.54) is 0 Å². The molecule has 3 N–H and O–H groups in total. The highest BCUT2D eigenvalue weighted by molar-refractivity contribution is 6.22. The van der Waals surface area contributed by atoms with Crippen LogP contribution < -0.4 is 5.32 Å². The number of carbonyl (C=O) groups excluding carboxylic acids is 1. The third kappa shape index (κ3) is 3.99. The number of carboxylic acid groups (broad SMARTS) is 1. The molecule has 29 heavy (non-hydrogen) atoms. The van der Waals surface area contributed by atoms with Crippen LogP contribution in [0, 0.1) is 0 Å². The quantitative estimate of drug-likeness (QED) is 0.581. The second kappa shape index (κ2) is 8.18. The van der Waals surface area contributed by atoms with Gasteiger partial charge >= 0.3 is 12.0 Å². The molecule has 1 saturated heterocycles. The smallest absolute Gasteiger partial charge is 0.336 e. The predicted molar refractivity (Wildman–Crippen MR) is 112 cm³/mol.